The van der Waals surface area contributed by atoms with Gasteiger partial charge in [-0.3, -0.25) is 13.9 Å². The Labute approximate surface area is 205 Å². The van der Waals surface area contributed by atoms with Gasteiger partial charge >= 0.3 is 0 Å². The topological polar surface area (TPSA) is 86.8 Å². The van der Waals surface area contributed by atoms with Crippen molar-refractivity contribution in [2.75, 3.05) is 17.1 Å². The molecule has 2 rings (SSSR count). The fraction of sp³-hybridized carbons (Fsp3) is 0.391. The third-order valence-electron chi connectivity index (χ3n) is 4.88. The Morgan fingerprint density at radius 1 is 1.03 bits per heavy atom. The van der Waals surface area contributed by atoms with Crippen molar-refractivity contribution in [1.82, 2.24) is 10.2 Å². The summed E-state index contributed by atoms with van der Waals surface area (Å²) in [5, 5.41) is 3.53. The molecule has 2 amide bonds. The molecule has 0 bridgehead atoms. The maximum atomic E-state index is 13.5. The summed E-state index contributed by atoms with van der Waals surface area (Å²) in [5.41, 5.74) is 1.03. The van der Waals surface area contributed by atoms with E-state index in [1.165, 1.54) is 4.90 Å². The molecule has 0 fully saturated rings. The number of para-hydroxylation sites is 1. The summed E-state index contributed by atoms with van der Waals surface area (Å²) in [4.78, 5) is 27.8. The Hall–Kier alpha value is -2.29. The summed E-state index contributed by atoms with van der Waals surface area (Å²) < 4.78 is 26.0. The van der Waals surface area contributed by atoms with Gasteiger partial charge in [0.05, 0.1) is 22.0 Å². The summed E-state index contributed by atoms with van der Waals surface area (Å²) in [5.74, 6) is -0.826. The van der Waals surface area contributed by atoms with Crippen LogP contribution in [0.4, 0.5) is 5.69 Å². The molecule has 180 valence electrons. The zero-order valence-electron chi connectivity index (χ0n) is 19.1. The highest BCUT2D eigenvalue weighted by Gasteiger charge is 2.32. The van der Waals surface area contributed by atoms with E-state index in [9.17, 15) is 18.0 Å². The van der Waals surface area contributed by atoms with Crippen LogP contribution in [0.15, 0.2) is 48.5 Å². The monoisotopic (exact) mass is 513 g/mol. The lowest BCUT2D eigenvalue weighted by molar-refractivity contribution is -0.140. The van der Waals surface area contributed by atoms with Gasteiger partial charge in [-0.2, -0.15) is 0 Å². The molecule has 0 spiro atoms. The van der Waals surface area contributed by atoms with E-state index in [-0.39, 0.29) is 18.5 Å². The standard InChI is InChI=1S/C23H29Cl2N3O4S/c1-5-21(23(30)26-16(2)3)27(14-17-11-12-19(24)20(25)13-17)22(29)15-28(33(4,31)32)18-9-7-6-8-10-18/h6-13,16,21H,5,14-15H2,1-4H3,(H,26,30)/t21-/m0/s1. The van der Waals surface area contributed by atoms with Crippen molar-refractivity contribution in [3.05, 3.63) is 64.1 Å². The molecule has 0 unspecified atom stereocenters. The van der Waals surface area contributed by atoms with Gasteiger partial charge in [0.2, 0.25) is 21.8 Å². The third-order valence-corrected chi connectivity index (χ3v) is 6.76. The third kappa shape index (κ3) is 7.62. The van der Waals surface area contributed by atoms with Crippen LogP contribution in [0.5, 0.6) is 0 Å². The first-order valence-electron chi connectivity index (χ1n) is 10.5. The van der Waals surface area contributed by atoms with Gasteiger partial charge in [0.1, 0.15) is 12.6 Å². The zero-order valence-corrected chi connectivity index (χ0v) is 21.4. The van der Waals surface area contributed by atoms with Crippen molar-refractivity contribution in [1.29, 1.82) is 0 Å². The Morgan fingerprint density at radius 3 is 2.18 bits per heavy atom. The molecule has 1 atom stereocenters. The molecule has 33 heavy (non-hydrogen) atoms. The largest absolute Gasteiger partial charge is 0.352 e. The van der Waals surface area contributed by atoms with Gasteiger partial charge in [0, 0.05) is 12.6 Å². The number of rotatable bonds is 10. The Morgan fingerprint density at radius 2 is 1.67 bits per heavy atom. The molecule has 10 heteroatoms. The summed E-state index contributed by atoms with van der Waals surface area (Å²) in [7, 11) is -3.76. The lowest BCUT2D eigenvalue weighted by Crippen LogP contribution is -2.53. The first-order chi connectivity index (χ1) is 15.4. The molecule has 1 N–H and O–H groups in total. The van der Waals surface area contributed by atoms with E-state index in [4.69, 9.17) is 23.2 Å². The Balaban J connectivity index is 2.44. The summed E-state index contributed by atoms with van der Waals surface area (Å²) in [6.07, 6.45) is 1.38. The van der Waals surface area contributed by atoms with Gasteiger partial charge in [-0.25, -0.2) is 8.42 Å². The Bertz CT molecular complexity index is 1080. The smallest absolute Gasteiger partial charge is 0.244 e. The van der Waals surface area contributed by atoms with Gasteiger partial charge in [0.15, 0.2) is 0 Å². The quantitative estimate of drug-likeness (QED) is 0.518. The van der Waals surface area contributed by atoms with Gasteiger partial charge < -0.3 is 10.2 Å². The predicted octanol–water partition coefficient (Wildman–Crippen LogP) is 4.09. The minimum absolute atomic E-state index is 0.0616. The van der Waals surface area contributed by atoms with Crippen LogP contribution >= 0.6 is 23.2 Å². The average molecular weight is 514 g/mol. The lowest BCUT2D eigenvalue weighted by atomic mass is 10.1. The van der Waals surface area contributed by atoms with Crippen molar-refractivity contribution in [3.63, 3.8) is 0 Å². The van der Waals surface area contributed by atoms with Crippen LogP contribution in [0.1, 0.15) is 32.8 Å². The molecule has 0 aliphatic rings. The number of anilines is 1. The van der Waals surface area contributed by atoms with E-state index in [2.05, 4.69) is 5.32 Å². The molecule has 7 nitrogen and oxygen atoms in total. The molecule has 0 heterocycles. The van der Waals surface area contributed by atoms with Crippen LogP contribution in [-0.2, 0) is 26.2 Å². The van der Waals surface area contributed by atoms with E-state index in [0.29, 0.717) is 27.7 Å². The summed E-state index contributed by atoms with van der Waals surface area (Å²) in [6.45, 7) is 5.07. The maximum Gasteiger partial charge on any atom is 0.244 e. The number of amides is 2. The van der Waals surface area contributed by atoms with Crippen molar-refractivity contribution in [2.45, 2.75) is 45.8 Å². The van der Waals surface area contributed by atoms with E-state index >= 15 is 0 Å². The summed E-state index contributed by atoms with van der Waals surface area (Å²) >= 11 is 12.2. The second kappa shape index (κ2) is 11.7. The number of nitrogens with one attached hydrogen (secondary N) is 1. The van der Waals surface area contributed by atoms with E-state index in [0.717, 1.165) is 10.6 Å². The van der Waals surface area contributed by atoms with Crippen molar-refractivity contribution < 1.29 is 18.0 Å². The van der Waals surface area contributed by atoms with Crippen molar-refractivity contribution in [2.24, 2.45) is 0 Å². The molecule has 2 aromatic rings. The highest BCUT2D eigenvalue weighted by Crippen LogP contribution is 2.25. The number of sulfonamides is 1. The SMILES string of the molecule is CC[C@@H](C(=O)NC(C)C)N(Cc1ccc(Cl)c(Cl)c1)C(=O)CN(c1ccccc1)S(C)(=O)=O. The number of carbonyl (C=O) groups excluding carboxylic acids is 2. The van der Waals surface area contributed by atoms with Crippen LogP contribution in [0.25, 0.3) is 0 Å². The number of benzene rings is 2. The molecule has 0 aliphatic carbocycles. The molecular weight excluding hydrogens is 485 g/mol. The molecule has 0 aromatic heterocycles. The minimum atomic E-state index is -3.76. The molecule has 0 saturated heterocycles. The first kappa shape index (κ1) is 27.0. The Kier molecular flexibility index (Phi) is 9.57. The molecule has 2 aromatic carbocycles. The second-order valence-corrected chi connectivity index (χ2v) is 10.7. The van der Waals surface area contributed by atoms with E-state index in [1.807, 2.05) is 13.8 Å². The number of nitrogens with zero attached hydrogens (tertiary/aromatic N) is 2. The first-order valence-corrected chi connectivity index (χ1v) is 13.1. The fourth-order valence-electron chi connectivity index (χ4n) is 3.34. The van der Waals surface area contributed by atoms with Crippen LogP contribution in [0, 0.1) is 0 Å². The van der Waals surface area contributed by atoms with Gasteiger partial charge in [-0.15, -0.1) is 0 Å². The average Bonchev–Trinajstić information content (AvgIpc) is 2.73. The predicted molar refractivity (Wildman–Crippen MR) is 133 cm³/mol. The van der Waals surface area contributed by atoms with Crippen molar-refractivity contribution in [3.8, 4) is 0 Å². The van der Waals surface area contributed by atoms with E-state index in [1.54, 1.807) is 55.5 Å². The number of hydrogen-bond donors (Lipinski definition) is 1. The number of carbonyl (C=O) groups is 2. The van der Waals surface area contributed by atoms with Crippen LogP contribution in [0.3, 0.4) is 0 Å². The van der Waals surface area contributed by atoms with Gasteiger partial charge in [-0.05, 0) is 50.1 Å². The fourth-order valence-corrected chi connectivity index (χ4v) is 4.51. The second-order valence-electron chi connectivity index (χ2n) is 7.96. The van der Waals surface area contributed by atoms with Crippen LogP contribution in [-0.4, -0.2) is 50.0 Å². The highest BCUT2D eigenvalue weighted by molar-refractivity contribution is 7.92. The maximum absolute atomic E-state index is 13.5. The number of halogens is 2. The molecular formula is C23H29Cl2N3O4S. The highest BCUT2D eigenvalue weighted by atomic mass is 35.5. The molecule has 0 saturated carbocycles. The van der Waals surface area contributed by atoms with E-state index < -0.39 is 28.5 Å². The molecule has 0 radical (unpaired) electrons. The minimum Gasteiger partial charge on any atom is -0.352 e. The summed E-state index contributed by atoms with van der Waals surface area (Å²) in [6, 6.07) is 12.4. The molecule has 0 aliphatic heterocycles. The van der Waals surface area contributed by atoms with Gasteiger partial charge in [-0.1, -0.05) is 54.4 Å². The van der Waals surface area contributed by atoms with Gasteiger partial charge in [0.25, 0.3) is 0 Å². The number of hydrogen-bond acceptors (Lipinski definition) is 4. The van der Waals surface area contributed by atoms with Crippen molar-refractivity contribution >= 4 is 50.7 Å². The lowest BCUT2D eigenvalue weighted by Gasteiger charge is -2.33. The van der Waals surface area contributed by atoms with Crippen LogP contribution < -0.4 is 9.62 Å². The van der Waals surface area contributed by atoms with Crippen LogP contribution in [0.2, 0.25) is 10.0 Å². The normalized spacial score (nSPS) is 12.3. The zero-order chi connectivity index (χ0) is 24.8.